The Hall–Kier alpha value is -1.97. The van der Waals surface area contributed by atoms with Gasteiger partial charge in [-0.05, 0) is 105 Å². The molecule has 1 unspecified atom stereocenters. The minimum Gasteiger partial charge on any atom is -0.363 e. The Morgan fingerprint density at radius 1 is 1.03 bits per heavy atom. The number of likely N-dealkylation sites (N-methyl/N-ethyl adjacent to an activating group) is 1. The van der Waals surface area contributed by atoms with E-state index in [0.29, 0.717) is 29.2 Å². The molecule has 2 saturated carbocycles. The molecule has 172 valence electrons. The van der Waals surface area contributed by atoms with Crippen LogP contribution >= 0.6 is 0 Å². The Morgan fingerprint density at radius 2 is 1.94 bits per heavy atom. The first-order valence-corrected chi connectivity index (χ1v) is 13.0. The lowest BCUT2D eigenvalue weighted by Gasteiger charge is -2.57. The van der Waals surface area contributed by atoms with Crippen molar-refractivity contribution in [1.82, 2.24) is 9.88 Å². The molecule has 7 rings (SSSR count). The maximum absolute atomic E-state index is 7.44. The van der Waals surface area contributed by atoms with E-state index in [4.69, 9.17) is 4.74 Å². The number of fused-ring (bicyclic) bond motifs is 2. The molecule has 3 aliphatic carbocycles. The van der Waals surface area contributed by atoms with Crippen LogP contribution in [-0.2, 0) is 4.74 Å². The second-order valence-electron chi connectivity index (χ2n) is 12.1. The summed E-state index contributed by atoms with van der Waals surface area (Å²) in [6.07, 6.45) is 20.1. The van der Waals surface area contributed by atoms with E-state index in [1.807, 2.05) is 12.4 Å². The summed E-state index contributed by atoms with van der Waals surface area (Å²) in [5.74, 6) is 1.86. The number of hydrogen-bond acceptors (Lipinski definition) is 3. The molecule has 0 amide bonds. The smallest absolute Gasteiger partial charge is 0.0955 e. The number of aromatic nitrogens is 1. The molecule has 2 aliphatic heterocycles. The fourth-order valence-electron chi connectivity index (χ4n) is 8.83. The van der Waals surface area contributed by atoms with Crippen molar-refractivity contribution in [3.8, 4) is 0 Å². The number of nitrogens with zero attached hydrogens (tertiary/aromatic N) is 2. The van der Waals surface area contributed by atoms with Crippen LogP contribution in [0.25, 0.3) is 10.8 Å². The number of ether oxygens (including phenoxy) is 1. The van der Waals surface area contributed by atoms with Crippen molar-refractivity contribution in [3.63, 3.8) is 0 Å². The third-order valence-electron chi connectivity index (χ3n) is 10.5. The third kappa shape index (κ3) is 2.67. The number of pyridine rings is 1. The van der Waals surface area contributed by atoms with Crippen LogP contribution in [-0.4, -0.2) is 41.2 Å². The molecule has 2 aromatic rings. The van der Waals surface area contributed by atoms with Crippen LogP contribution in [0.3, 0.4) is 0 Å². The molecule has 1 saturated heterocycles. The lowest BCUT2D eigenvalue weighted by Crippen LogP contribution is -2.58. The molecule has 3 heteroatoms. The fraction of sp³-hybridized carbons (Fsp3) is 0.567. The van der Waals surface area contributed by atoms with Crippen molar-refractivity contribution >= 4 is 10.8 Å². The largest absolute Gasteiger partial charge is 0.363 e. The van der Waals surface area contributed by atoms with Gasteiger partial charge >= 0.3 is 0 Å². The molecule has 1 aromatic carbocycles. The van der Waals surface area contributed by atoms with Crippen molar-refractivity contribution in [2.75, 3.05) is 14.1 Å². The van der Waals surface area contributed by atoms with Gasteiger partial charge in [0.25, 0.3) is 0 Å². The lowest BCUT2D eigenvalue weighted by atomic mass is 9.54. The minimum absolute atomic E-state index is 0.0473. The fourth-order valence-corrected chi connectivity index (χ4v) is 8.83. The van der Waals surface area contributed by atoms with Crippen molar-refractivity contribution in [3.05, 3.63) is 66.0 Å². The Kier molecular flexibility index (Phi) is 4.20. The van der Waals surface area contributed by atoms with Crippen LogP contribution in [0.1, 0.15) is 63.4 Å². The van der Waals surface area contributed by atoms with Crippen molar-refractivity contribution in [2.45, 2.75) is 75.0 Å². The molecule has 33 heavy (non-hydrogen) atoms. The molecule has 1 aromatic heterocycles. The summed E-state index contributed by atoms with van der Waals surface area (Å²) in [6, 6.07) is 9.73. The zero-order chi connectivity index (χ0) is 22.4. The van der Waals surface area contributed by atoms with Crippen LogP contribution in [0.4, 0.5) is 0 Å². The highest BCUT2D eigenvalue weighted by Gasteiger charge is 2.68. The van der Waals surface area contributed by atoms with E-state index in [-0.39, 0.29) is 11.2 Å². The van der Waals surface area contributed by atoms with Gasteiger partial charge in [-0.25, -0.2) is 0 Å². The second-order valence-corrected chi connectivity index (χ2v) is 12.1. The highest BCUT2D eigenvalue weighted by atomic mass is 16.5. The molecule has 0 radical (unpaired) electrons. The predicted molar refractivity (Wildman–Crippen MR) is 133 cm³/mol. The first-order valence-electron chi connectivity index (χ1n) is 13.0. The van der Waals surface area contributed by atoms with E-state index in [2.05, 4.69) is 73.4 Å². The van der Waals surface area contributed by atoms with Gasteiger partial charge in [-0.1, -0.05) is 37.3 Å². The lowest BCUT2D eigenvalue weighted by molar-refractivity contribution is -0.192. The van der Waals surface area contributed by atoms with E-state index in [9.17, 15) is 0 Å². The molecule has 5 aliphatic rings. The number of hydrogen-bond donors (Lipinski definition) is 0. The van der Waals surface area contributed by atoms with Gasteiger partial charge in [0.15, 0.2) is 0 Å². The molecular formula is C30H36N2O. The van der Waals surface area contributed by atoms with Gasteiger partial charge in [0.2, 0.25) is 0 Å². The maximum atomic E-state index is 7.44. The van der Waals surface area contributed by atoms with Crippen molar-refractivity contribution in [2.24, 2.45) is 17.3 Å². The van der Waals surface area contributed by atoms with Gasteiger partial charge in [-0.3, -0.25) is 4.98 Å². The molecule has 2 bridgehead atoms. The van der Waals surface area contributed by atoms with E-state index >= 15 is 0 Å². The van der Waals surface area contributed by atoms with Crippen LogP contribution in [0.5, 0.6) is 0 Å². The van der Waals surface area contributed by atoms with Gasteiger partial charge in [-0.15, -0.1) is 0 Å². The first-order chi connectivity index (χ1) is 15.9. The van der Waals surface area contributed by atoms with Gasteiger partial charge < -0.3 is 9.64 Å². The third-order valence-corrected chi connectivity index (χ3v) is 10.5. The Morgan fingerprint density at radius 3 is 2.82 bits per heavy atom. The normalized spacial score (nSPS) is 43.3. The van der Waals surface area contributed by atoms with E-state index in [0.717, 1.165) is 6.42 Å². The molecule has 7 atom stereocenters. The van der Waals surface area contributed by atoms with Gasteiger partial charge in [0.05, 0.1) is 11.2 Å². The summed E-state index contributed by atoms with van der Waals surface area (Å²) in [7, 11) is 4.41. The summed E-state index contributed by atoms with van der Waals surface area (Å²) >= 11 is 0. The summed E-state index contributed by atoms with van der Waals surface area (Å²) in [5.41, 5.74) is 3.31. The average molecular weight is 441 g/mol. The van der Waals surface area contributed by atoms with Crippen LogP contribution in [0.2, 0.25) is 0 Å². The molecular weight excluding hydrogens is 404 g/mol. The monoisotopic (exact) mass is 440 g/mol. The zero-order valence-electron chi connectivity index (χ0n) is 20.3. The van der Waals surface area contributed by atoms with Crippen LogP contribution < -0.4 is 0 Å². The maximum Gasteiger partial charge on any atom is 0.0955 e. The highest BCUT2D eigenvalue weighted by Crippen LogP contribution is 2.70. The van der Waals surface area contributed by atoms with Gasteiger partial charge in [0, 0.05) is 29.7 Å². The quantitative estimate of drug-likeness (QED) is 0.551. The van der Waals surface area contributed by atoms with Crippen molar-refractivity contribution < 1.29 is 4.74 Å². The average Bonchev–Trinajstić information content (AvgIpc) is 3.33. The minimum atomic E-state index is -0.0505. The molecule has 3 nitrogen and oxygen atoms in total. The Labute approximate surface area is 197 Å². The van der Waals surface area contributed by atoms with Gasteiger partial charge in [-0.2, -0.15) is 0 Å². The standard InChI is InChI=1S/C30H36N2O/c1-28-12-10-24-17-23-6-7-25(32(2)3)18-29(23)13-14-30(24,33-29)27(28)9-8-26(28)21-5-4-20-11-15-31-19-22(20)16-21/h4-7,11,15-17,19,24-27H,8-10,12-14,18H2,1-3H3/t24?,25-,26-,27-,28-,29-,30-/m1/s1. The second kappa shape index (κ2) is 6.79. The zero-order valence-corrected chi connectivity index (χ0v) is 20.3. The van der Waals surface area contributed by atoms with E-state index < -0.39 is 0 Å². The summed E-state index contributed by atoms with van der Waals surface area (Å²) in [4.78, 5) is 6.74. The highest BCUT2D eigenvalue weighted by molar-refractivity contribution is 5.82. The molecule has 2 spiro atoms. The molecule has 0 N–H and O–H groups in total. The number of rotatable bonds is 2. The van der Waals surface area contributed by atoms with Crippen molar-refractivity contribution in [1.29, 1.82) is 0 Å². The van der Waals surface area contributed by atoms with Crippen LogP contribution in [0, 0.1) is 17.3 Å². The van der Waals surface area contributed by atoms with E-state index in [1.165, 1.54) is 60.4 Å². The number of benzene rings is 1. The predicted octanol–water partition coefficient (Wildman–Crippen LogP) is 6.26. The summed E-state index contributed by atoms with van der Waals surface area (Å²) < 4.78 is 7.44. The van der Waals surface area contributed by atoms with E-state index in [1.54, 1.807) is 0 Å². The molecule has 3 heterocycles. The Bertz CT molecular complexity index is 1180. The Balaban J connectivity index is 1.26. The van der Waals surface area contributed by atoms with Crippen LogP contribution in [0.15, 0.2) is 60.5 Å². The topological polar surface area (TPSA) is 25.4 Å². The molecule has 3 fully saturated rings. The summed E-state index contributed by atoms with van der Waals surface area (Å²) in [6.45, 7) is 2.60. The SMILES string of the molecule is CN(C)[C@@H]1C=CC2=CC3CC[C@]4(C)[C@@H](c5ccc6ccncc6c5)CC[C@H]4[C@@]34CC[C@]2(C1)O4. The van der Waals surface area contributed by atoms with Gasteiger partial charge in [0.1, 0.15) is 0 Å². The summed E-state index contributed by atoms with van der Waals surface area (Å²) in [5, 5.41) is 2.57. The first kappa shape index (κ1) is 20.4.